The van der Waals surface area contributed by atoms with Crippen LogP contribution in [-0.2, 0) is 15.8 Å². The Balaban J connectivity index is 0.00000101. The minimum absolute atomic E-state index is 0.0315. The highest BCUT2D eigenvalue weighted by atomic mass is 19.4. The first-order chi connectivity index (χ1) is 14.2. The first-order valence-electron chi connectivity index (χ1n) is 8.76. The molecule has 2 aromatic rings. The van der Waals surface area contributed by atoms with Crippen LogP contribution < -0.4 is 15.5 Å². The van der Waals surface area contributed by atoms with Crippen LogP contribution in [0.25, 0.3) is 0 Å². The maximum atomic E-state index is 13.3. The summed E-state index contributed by atoms with van der Waals surface area (Å²) < 4.78 is 44.8. The van der Waals surface area contributed by atoms with Crippen molar-refractivity contribution in [3.63, 3.8) is 0 Å². The average Bonchev–Trinajstić information content (AvgIpc) is 2.69. The van der Waals surface area contributed by atoms with Crippen molar-refractivity contribution in [3.05, 3.63) is 53.6 Å². The summed E-state index contributed by atoms with van der Waals surface area (Å²) >= 11 is 0. The predicted molar refractivity (Wildman–Crippen MR) is 105 cm³/mol. The summed E-state index contributed by atoms with van der Waals surface area (Å²) in [7, 11) is 1.32. The zero-order chi connectivity index (χ0) is 22.3. The third-order valence-electron chi connectivity index (χ3n) is 4.25. The molecule has 3 N–H and O–H groups in total. The number of rotatable bonds is 4. The van der Waals surface area contributed by atoms with Gasteiger partial charge in [-0.2, -0.15) is 18.3 Å². The lowest BCUT2D eigenvalue weighted by Crippen LogP contribution is -2.31. The molecule has 1 aliphatic rings. The number of carbonyl (C=O) groups is 2. The molecular weight excluding hydrogens is 403 g/mol. The van der Waals surface area contributed by atoms with E-state index in [2.05, 4.69) is 15.8 Å². The molecule has 0 saturated heterocycles. The number of benzene rings is 2. The Morgan fingerprint density at radius 2 is 1.87 bits per heavy atom. The fraction of sp³-hybridized carbons (Fsp3) is 0.250. The van der Waals surface area contributed by atoms with E-state index in [0.29, 0.717) is 12.1 Å². The molecule has 1 atom stereocenters. The van der Waals surface area contributed by atoms with Crippen molar-refractivity contribution in [2.75, 3.05) is 12.4 Å². The van der Waals surface area contributed by atoms with Crippen LogP contribution in [0.1, 0.15) is 24.5 Å². The molecule has 0 aliphatic carbocycles. The van der Waals surface area contributed by atoms with Crippen molar-refractivity contribution >= 4 is 29.5 Å². The van der Waals surface area contributed by atoms with E-state index in [1.807, 2.05) is 6.92 Å². The van der Waals surface area contributed by atoms with E-state index in [0.717, 1.165) is 17.3 Å². The number of halogens is 3. The molecule has 0 spiro atoms. The van der Waals surface area contributed by atoms with Gasteiger partial charge in [-0.05, 0) is 35.9 Å². The zero-order valence-corrected chi connectivity index (χ0v) is 16.2. The Hall–Kier alpha value is -3.56. The molecule has 0 bridgehead atoms. The number of ether oxygens (including phenoxy) is 1. The fourth-order valence-corrected chi connectivity index (χ4v) is 2.88. The highest BCUT2D eigenvalue weighted by Crippen LogP contribution is 2.38. The third kappa shape index (κ3) is 5.72. The van der Waals surface area contributed by atoms with Crippen LogP contribution in [0, 0.1) is 5.92 Å². The molecule has 1 aliphatic heterocycles. The molecule has 0 aromatic heterocycles. The van der Waals surface area contributed by atoms with Gasteiger partial charge in [-0.1, -0.05) is 19.1 Å². The van der Waals surface area contributed by atoms with Crippen LogP contribution in [0.15, 0.2) is 47.6 Å². The largest absolute Gasteiger partial charge is 0.497 e. The Morgan fingerprint density at radius 1 is 1.23 bits per heavy atom. The Morgan fingerprint density at radius 3 is 2.40 bits per heavy atom. The molecule has 1 heterocycles. The minimum Gasteiger partial charge on any atom is -0.497 e. The molecule has 0 radical (unpaired) electrons. The van der Waals surface area contributed by atoms with Gasteiger partial charge in [0.15, 0.2) is 0 Å². The van der Waals surface area contributed by atoms with Gasteiger partial charge in [0.05, 0.1) is 24.1 Å². The molecule has 160 valence electrons. The Bertz CT molecular complexity index is 928. The van der Waals surface area contributed by atoms with E-state index in [9.17, 15) is 18.0 Å². The molecule has 7 nitrogen and oxygen atoms in total. The van der Waals surface area contributed by atoms with Gasteiger partial charge in [0.25, 0.3) is 6.47 Å². The normalized spacial score (nSPS) is 15.8. The number of methoxy groups -OCH3 is 1. The number of alkyl halides is 3. The number of amides is 1. The average molecular weight is 423 g/mol. The predicted octanol–water partition coefficient (Wildman–Crippen LogP) is 4.02. The van der Waals surface area contributed by atoms with Gasteiger partial charge in [-0.3, -0.25) is 9.59 Å². The number of nitrogens with one attached hydrogen (secondary N) is 2. The number of carboxylic acid groups (broad SMARTS) is 1. The standard InChI is InChI=1S/C19H18F3N3O2.CH2O2/c1-11-9-17(26)24-25-18(11)12-3-5-13(6-4-12)23-16-8-7-14(27-2)10-15(16)19(20,21)22;2-1-3/h3-8,10-11,23H,9H2,1-2H3,(H,24,26);1H,(H,2,3)/t11-;/m1./s1. The molecule has 0 unspecified atom stereocenters. The molecule has 2 aromatic carbocycles. The zero-order valence-electron chi connectivity index (χ0n) is 16.2. The highest BCUT2D eigenvalue weighted by molar-refractivity contribution is 6.05. The van der Waals surface area contributed by atoms with Crippen LogP contribution in [0.3, 0.4) is 0 Å². The summed E-state index contributed by atoms with van der Waals surface area (Å²) in [6, 6.07) is 10.6. The van der Waals surface area contributed by atoms with E-state index >= 15 is 0 Å². The van der Waals surface area contributed by atoms with Gasteiger partial charge in [0.2, 0.25) is 5.91 Å². The highest BCUT2D eigenvalue weighted by Gasteiger charge is 2.34. The smallest absolute Gasteiger partial charge is 0.418 e. The topological polar surface area (TPSA) is 100 Å². The second kappa shape index (κ2) is 9.77. The first-order valence-corrected chi connectivity index (χ1v) is 8.76. The first kappa shape index (κ1) is 22.7. The summed E-state index contributed by atoms with van der Waals surface area (Å²) in [4.78, 5) is 19.7. The number of hydrazone groups is 1. The van der Waals surface area contributed by atoms with Crippen molar-refractivity contribution in [2.45, 2.75) is 19.5 Å². The number of hydrogen-bond acceptors (Lipinski definition) is 5. The minimum atomic E-state index is -4.51. The molecular formula is C20H20F3N3O4. The summed E-state index contributed by atoms with van der Waals surface area (Å²) in [5.41, 5.74) is 3.62. The van der Waals surface area contributed by atoms with Gasteiger partial charge < -0.3 is 15.2 Å². The quantitative estimate of drug-likeness (QED) is 0.645. The van der Waals surface area contributed by atoms with Gasteiger partial charge in [0.1, 0.15) is 5.75 Å². The monoisotopic (exact) mass is 423 g/mol. The van der Waals surface area contributed by atoms with Gasteiger partial charge in [0, 0.05) is 18.0 Å². The van der Waals surface area contributed by atoms with Crippen molar-refractivity contribution in [1.82, 2.24) is 5.43 Å². The molecule has 0 saturated carbocycles. The van der Waals surface area contributed by atoms with E-state index in [4.69, 9.17) is 14.6 Å². The van der Waals surface area contributed by atoms with Crippen molar-refractivity contribution in [2.24, 2.45) is 11.0 Å². The van der Waals surface area contributed by atoms with Crippen molar-refractivity contribution in [3.8, 4) is 5.75 Å². The lowest BCUT2D eigenvalue weighted by Gasteiger charge is -2.19. The van der Waals surface area contributed by atoms with Crippen LogP contribution in [0.2, 0.25) is 0 Å². The Labute approximate surface area is 170 Å². The fourth-order valence-electron chi connectivity index (χ4n) is 2.88. The van der Waals surface area contributed by atoms with Gasteiger partial charge in [-0.25, -0.2) is 5.43 Å². The maximum absolute atomic E-state index is 13.3. The Kier molecular flexibility index (Phi) is 7.40. The van der Waals surface area contributed by atoms with Crippen molar-refractivity contribution < 1.29 is 32.6 Å². The lowest BCUT2D eigenvalue weighted by molar-refractivity contribution is -0.137. The van der Waals surface area contributed by atoms with Gasteiger partial charge >= 0.3 is 6.18 Å². The number of hydrogen-bond donors (Lipinski definition) is 3. The number of carbonyl (C=O) groups excluding carboxylic acids is 1. The molecule has 10 heteroatoms. The van der Waals surface area contributed by atoms with Crippen LogP contribution >= 0.6 is 0 Å². The maximum Gasteiger partial charge on any atom is 0.418 e. The number of anilines is 2. The SMILES string of the molecule is COc1ccc(Nc2ccc(C3=NNC(=O)C[C@H]3C)cc2)c(C(F)(F)F)c1.O=CO. The number of nitrogens with zero attached hydrogens (tertiary/aromatic N) is 1. The summed E-state index contributed by atoms with van der Waals surface area (Å²) in [6.45, 7) is 1.65. The summed E-state index contributed by atoms with van der Waals surface area (Å²) in [6.07, 6.45) is -4.17. The van der Waals surface area contributed by atoms with Gasteiger partial charge in [-0.15, -0.1) is 0 Å². The van der Waals surface area contributed by atoms with Crippen LogP contribution in [-0.4, -0.2) is 30.3 Å². The lowest BCUT2D eigenvalue weighted by atomic mass is 9.94. The third-order valence-corrected chi connectivity index (χ3v) is 4.25. The van der Waals surface area contributed by atoms with E-state index in [1.165, 1.54) is 19.2 Å². The van der Waals surface area contributed by atoms with Crippen LogP contribution in [0.5, 0.6) is 5.75 Å². The second-order valence-electron chi connectivity index (χ2n) is 6.35. The summed E-state index contributed by atoms with van der Waals surface area (Å²) in [5.74, 6) is -0.0331. The van der Waals surface area contributed by atoms with Crippen molar-refractivity contribution in [1.29, 1.82) is 0 Å². The van der Waals surface area contributed by atoms with Crippen LogP contribution in [0.4, 0.5) is 24.5 Å². The van der Waals surface area contributed by atoms with E-state index < -0.39 is 11.7 Å². The summed E-state index contributed by atoms with van der Waals surface area (Å²) in [5, 5.41) is 13.8. The van der Waals surface area contributed by atoms with E-state index in [1.54, 1.807) is 24.3 Å². The second-order valence-corrected chi connectivity index (χ2v) is 6.35. The molecule has 0 fully saturated rings. The van der Waals surface area contributed by atoms with E-state index in [-0.39, 0.29) is 29.7 Å². The molecule has 3 rings (SSSR count). The molecule has 1 amide bonds. The molecule has 30 heavy (non-hydrogen) atoms.